The second-order valence-corrected chi connectivity index (χ2v) is 7.29. The van der Waals surface area contributed by atoms with E-state index >= 15 is 0 Å². The third-order valence-corrected chi connectivity index (χ3v) is 3.83. The first-order valence-electron chi connectivity index (χ1n) is 7.22. The number of amides is 2. The molecule has 0 spiro atoms. The number of hydrogen-bond donors (Lipinski definition) is 0. The van der Waals surface area contributed by atoms with Crippen molar-refractivity contribution in [2.45, 2.75) is 33.3 Å². The van der Waals surface area contributed by atoms with E-state index in [0.29, 0.717) is 13.1 Å². The van der Waals surface area contributed by atoms with E-state index < -0.39 is 11.7 Å². The van der Waals surface area contributed by atoms with Gasteiger partial charge in [-0.1, -0.05) is 22.0 Å². The number of rotatable bonds is 1. The Balaban J connectivity index is 2.09. The zero-order valence-corrected chi connectivity index (χ0v) is 14.9. The second-order valence-electron chi connectivity index (χ2n) is 6.38. The zero-order valence-electron chi connectivity index (χ0n) is 13.4. The Morgan fingerprint density at radius 3 is 2.55 bits per heavy atom. The number of nitrogens with zero attached hydrogens (tertiary/aromatic N) is 2. The molecule has 1 aromatic rings. The van der Waals surface area contributed by atoms with Crippen molar-refractivity contribution in [1.82, 2.24) is 4.90 Å². The van der Waals surface area contributed by atoms with Crippen LogP contribution in [0.1, 0.15) is 26.3 Å². The van der Waals surface area contributed by atoms with Crippen LogP contribution in [0.2, 0.25) is 0 Å². The molecule has 0 radical (unpaired) electrons. The lowest BCUT2D eigenvalue weighted by Crippen LogP contribution is -2.53. The topological polar surface area (TPSA) is 49.9 Å². The maximum Gasteiger partial charge on any atom is 0.410 e. The molecular weight excluding hydrogens is 348 g/mol. The average Bonchev–Trinajstić information content (AvgIpc) is 2.40. The number of piperazine rings is 1. The van der Waals surface area contributed by atoms with Crippen LogP contribution < -0.4 is 4.90 Å². The second kappa shape index (κ2) is 6.28. The lowest BCUT2D eigenvalue weighted by atomic mass is 10.1. The van der Waals surface area contributed by atoms with Crippen LogP contribution in [0.5, 0.6) is 0 Å². The molecule has 0 aromatic heterocycles. The largest absolute Gasteiger partial charge is 0.444 e. The molecule has 0 bridgehead atoms. The highest BCUT2D eigenvalue weighted by Crippen LogP contribution is 2.26. The summed E-state index contributed by atoms with van der Waals surface area (Å²) in [6, 6.07) is 5.84. The number of anilines is 1. The molecule has 22 heavy (non-hydrogen) atoms. The molecule has 1 aliphatic rings. The van der Waals surface area contributed by atoms with Gasteiger partial charge in [0.1, 0.15) is 12.1 Å². The molecular formula is C16H21BrN2O3. The normalized spacial score (nSPS) is 16.0. The van der Waals surface area contributed by atoms with Crippen molar-refractivity contribution in [1.29, 1.82) is 0 Å². The number of carbonyl (C=O) groups excluding carboxylic acids is 2. The van der Waals surface area contributed by atoms with Gasteiger partial charge >= 0.3 is 6.09 Å². The van der Waals surface area contributed by atoms with Crippen LogP contribution >= 0.6 is 15.9 Å². The predicted octanol–water partition coefficient (Wildman–Crippen LogP) is 3.34. The van der Waals surface area contributed by atoms with Gasteiger partial charge in [0.15, 0.2) is 0 Å². The molecule has 0 N–H and O–H groups in total. The molecule has 0 unspecified atom stereocenters. The van der Waals surface area contributed by atoms with Crippen LogP contribution in [0.4, 0.5) is 10.5 Å². The first kappa shape index (κ1) is 16.8. The minimum absolute atomic E-state index is 0.0425. The van der Waals surface area contributed by atoms with Crippen LogP contribution in [0, 0.1) is 6.92 Å². The van der Waals surface area contributed by atoms with E-state index in [-0.39, 0.29) is 12.5 Å². The van der Waals surface area contributed by atoms with E-state index in [2.05, 4.69) is 15.9 Å². The van der Waals surface area contributed by atoms with E-state index in [1.165, 1.54) is 4.90 Å². The van der Waals surface area contributed by atoms with Gasteiger partial charge < -0.3 is 9.64 Å². The highest BCUT2D eigenvalue weighted by molar-refractivity contribution is 9.10. The lowest BCUT2D eigenvalue weighted by Gasteiger charge is -2.35. The summed E-state index contributed by atoms with van der Waals surface area (Å²) in [6.07, 6.45) is -0.438. The van der Waals surface area contributed by atoms with Crippen molar-refractivity contribution in [2.75, 3.05) is 24.5 Å². The molecule has 0 atom stereocenters. The fraction of sp³-hybridized carbons (Fsp3) is 0.500. The third kappa shape index (κ3) is 4.00. The van der Waals surface area contributed by atoms with E-state index in [4.69, 9.17) is 4.74 Å². The van der Waals surface area contributed by atoms with Gasteiger partial charge in [0.2, 0.25) is 5.91 Å². The third-order valence-electron chi connectivity index (χ3n) is 3.33. The molecule has 120 valence electrons. The molecule has 0 saturated carbocycles. The molecule has 1 aliphatic heterocycles. The number of aryl methyl sites for hydroxylation is 1. The highest BCUT2D eigenvalue weighted by Gasteiger charge is 2.31. The molecule has 2 rings (SSSR count). The Kier molecular flexibility index (Phi) is 4.80. The van der Waals surface area contributed by atoms with Crippen LogP contribution in [0.3, 0.4) is 0 Å². The van der Waals surface area contributed by atoms with Gasteiger partial charge in [0, 0.05) is 23.2 Å². The van der Waals surface area contributed by atoms with Crippen molar-refractivity contribution < 1.29 is 14.3 Å². The zero-order chi connectivity index (χ0) is 16.5. The first-order chi connectivity index (χ1) is 10.2. The Bertz CT molecular complexity index is 596. The summed E-state index contributed by atoms with van der Waals surface area (Å²) in [5, 5.41) is 0. The number of hydrogen-bond acceptors (Lipinski definition) is 3. The summed E-state index contributed by atoms with van der Waals surface area (Å²) in [4.78, 5) is 27.6. The maximum absolute atomic E-state index is 12.4. The van der Waals surface area contributed by atoms with Gasteiger partial charge in [-0.2, -0.15) is 0 Å². The Labute approximate surface area is 139 Å². The van der Waals surface area contributed by atoms with Gasteiger partial charge in [-0.3, -0.25) is 9.69 Å². The summed E-state index contributed by atoms with van der Waals surface area (Å²) in [5.74, 6) is -0.0988. The van der Waals surface area contributed by atoms with Gasteiger partial charge in [-0.25, -0.2) is 4.79 Å². The van der Waals surface area contributed by atoms with E-state index in [0.717, 1.165) is 15.7 Å². The number of carbonyl (C=O) groups is 2. The van der Waals surface area contributed by atoms with Crippen molar-refractivity contribution >= 4 is 33.6 Å². The number of benzene rings is 1. The molecule has 1 saturated heterocycles. The molecule has 1 fully saturated rings. The summed E-state index contributed by atoms with van der Waals surface area (Å²) < 4.78 is 6.24. The van der Waals surface area contributed by atoms with Crippen LogP contribution in [-0.4, -0.2) is 42.1 Å². The van der Waals surface area contributed by atoms with Gasteiger partial charge in [-0.05, 0) is 45.4 Å². The number of halogens is 1. The summed E-state index contributed by atoms with van der Waals surface area (Å²) in [6.45, 7) is 8.38. The molecule has 6 heteroatoms. The SMILES string of the molecule is Cc1ccc(Br)cc1N1CCN(C(=O)OC(C)(C)C)CC1=O. The van der Waals surface area contributed by atoms with E-state index in [9.17, 15) is 9.59 Å². The molecule has 5 nitrogen and oxygen atoms in total. The summed E-state index contributed by atoms with van der Waals surface area (Å²) in [5.41, 5.74) is 1.35. The van der Waals surface area contributed by atoms with Crippen molar-refractivity contribution in [3.63, 3.8) is 0 Å². The lowest BCUT2D eigenvalue weighted by molar-refractivity contribution is -0.121. The quantitative estimate of drug-likeness (QED) is 0.763. The van der Waals surface area contributed by atoms with Crippen LogP contribution in [0.15, 0.2) is 22.7 Å². The maximum atomic E-state index is 12.4. The smallest absolute Gasteiger partial charge is 0.410 e. The van der Waals surface area contributed by atoms with Crippen molar-refractivity contribution in [3.05, 3.63) is 28.2 Å². The standard InChI is InChI=1S/C16H21BrN2O3/c1-11-5-6-12(17)9-13(11)19-8-7-18(10-14(19)20)15(21)22-16(2,3)4/h5-6,9H,7-8,10H2,1-4H3. The van der Waals surface area contributed by atoms with Crippen LogP contribution in [0.25, 0.3) is 0 Å². The molecule has 2 amide bonds. The Morgan fingerprint density at radius 2 is 1.95 bits per heavy atom. The van der Waals surface area contributed by atoms with E-state index in [1.807, 2.05) is 45.9 Å². The van der Waals surface area contributed by atoms with Crippen molar-refractivity contribution in [2.24, 2.45) is 0 Å². The molecule has 1 heterocycles. The van der Waals surface area contributed by atoms with Crippen molar-refractivity contribution in [3.8, 4) is 0 Å². The molecule has 1 aromatic carbocycles. The van der Waals surface area contributed by atoms with E-state index in [1.54, 1.807) is 4.90 Å². The Hall–Kier alpha value is -1.56. The summed E-state index contributed by atoms with van der Waals surface area (Å²) in [7, 11) is 0. The van der Waals surface area contributed by atoms with Gasteiger partial charge in [-0.15, -0.1) is 0 Å². The first-order valence-corrected chi connectivity index (χ1v) is 8.01. The fourth-order valence-corrected chi connectivity index (χ4v) is 2.63. The number of ether oxygens (including phenoxy) is 1. The highest BCUT2D eigenvalue weighted by atomic mass is 79.9. The average molecular weight is 369 g/mol. The predicted molar refractivity (Wildman–Crippen MR) is 89.0 cm³/mol. The minimum atomic E-state index is -0.557. The fourth-order valence-electron chi connectivity index (χ4n) is 2.28. The van der Waals surface area contributed by atoms with Crippen LogP contribution in [-0.2, 0) is 9.53 Å². The minimum Gasteiger partial charge on any atom is -0.444 e. The van der Waals surface area contributed by atoms with Gasteiger partial charge in [0.25, 0.3) is 0 Å². The monoisotopic (exact) mass is 368 g/mol. The summed E-state index contributed by atoms with van der Waals surface area (Å²) >= 11 is 3.43. The molecule has 0 aliphatic carbocycles. The Morgan fingerprint density at radius 1 is 1.27 bits per heavy atom. The van der Waals surface area contributed by atoms with Gasteiger partial charge in [0.05, 0.1) is 0 Å².